The van der Waals surface area contributed by atoms with Crippen LogP contribution in [-0.4, -0.2) is 29.1 Å². The molecule has 1 atom stereocenters. The number of rotatable bonds is 2. The third kappa shape index (κ3) is 1.65. The molecule has 1 aliphatic rings. The first-order valence-corrected chi connectivity index (χ1v) is 5.41. The van der Waals surface area contributed by atoms with E-state index in [1.54, 1.807) is 0 Å². The fraction of sp³-hybridized carbons (Fsp3) is 0.556. The molecule has 2 N–H and O–H groups in total. The Morgan fingerprint density at radius 1 is 1.71 bits per heavy atom. The molecule has 4 nitrogen and oxygen atoms in total. The molecule has 0 amide bonds. The Labute approximate surface area is 86.0 Å². The quantitative estimate of drug-likeness (QED) is 0.774. The topological polar surface area (TPSA) is 62.2 Å². The van der Waals surface area contributed by atoms with Crippen LogP contribution in [0.1, 0.15) is 32.7 Å². The van der Waals surface area contributed by atoms with Crippen molar-refractivity contribution < 1.29 is 9.90 Å². The van der Waals surface area contributed by atoms with E-state index in [1.165, 1.54) is 11.3 Å². The number of nitrogens with one attached hydrogen (secondary N) is 1. The fourth-order valence-electron chi connectivity index (χ4n) is 1.76. The van der Waals surface area contributed by atoms with Gasteiger partial charge < -0.3 is 10.4 Å². The first-order chi connectivity index (χ1) is 6.68. The van der Waals surface area contributed by atoms with Crippen molar-refractivity contribution >= 4 is 17.3 Å². The molecule has 0 saturated carbocycles. The summed E-state index contributed by atoms with van der Waals surface area (Å²) in [5.41, 5.74) is 0.769. The van der Waals surface area contributed by atoms with Gasteiger partial charge >= 0.3 is 5.97 Å². The molecule has 1 fully saturated rings. The average Bonchev–Trinajstić information content (AvgIpc) is 2.70. The average molecular weight is 212 g/mol. The molecule has 14 heavy (non-hydrogen) atoms. The molecule has 0 aromatic carbocycles. The van der Waals surface area contributed by atoms with Gasteiger partial charge in [0.25, 0.3) is 0 Å². The lowest BCUT2D eigenvalue weighted by Gasteiger charge is -2.04. The summed E-state index contributed by atoms with van der Waals surface area (Å²) in [7, 11) is 0. The Bertz CT molecular complexity index is 356. The molecule has 1 aliphatic heterocycles. The van der Waals surface area contributed by atoms with Crippen LogP contribution in [0.4, 0.5) is 0 Å². The fourth-order valence-corrected chi connectivity index (χ4v) is 2.60. The molecule has 1 unspecified atom stereocenters. The van der Waals surface area contributed by atoms with Crippen LogP contribution in [0.5, 0.6) is 0 Å². The minimum atomic E-state index is -0.850. The first kappa shape index (κ1) is 9.61. The lowest BCUT2D eigenvalue weighted by molar-refractivity contribution is 0.0700. The lowest BCUT2D eigenvalue weighted by atomic mass is 10.0. The second-order valence-corrected chi connectivity index (χ2v) is 4.65. The molecular formula is C9H12N2O2S. The van der Waals surface area contributed by atoms with Crippen molar-refractivity contribution in [1.29, 1.82) is 0 Å². The maximum Gasteiger partial charge on any atom is 0.347 e. The number of hydrogen-bond acceptors (Lipinski definition) is 4. The van der Waals surface area contributed by atoms with Gasteiger partial charge in [-0.25, -0.2) is 9.78 Å². The molecule has 1 saturated heterocycles. The Morgan fingerprint density at radius 3 is 3.07 bits per heavy atom. The number of hydrogen-bond donors (Lipinski definition) is 2. The Hall–Kier alpha value is -0.940. The highest BCUT2D eigenvalue weighted by Gasteiger charge is 2.25. The number of aryl methyl sites for hydroxylation is 1. The number of carboxylic acid groups (broad SMARTS) is 1. The first-order valence-electron chi connectivity index (χ1n) is 4.60. The van der Waals surface area contributed by atoms with Crippen molar-refractivity contribution in [3.8, 4) is 0 Å². The van der Waals surface area contributed by atoms with Crippen LogP contribution < -0.4 is 5.32 Å². The summed E-state index contributed by atoms with van der Waals surface area (Å²) in [5, 5.41) is 13.0. The highest BCUT2D eigenvalue weighted by molar-refractivity contribution is 7.13. The maximum absolute atomic E-state index is 10.9. The molecule has 1 aromatic rings. The summed E-state index contributed by atoms with van der Waals surface area (Å²) in [6, 6.07) is 0. The predicted octanol–water partition coefficient (Wildman–Crippen LogP) is 1.23. The van der Waals surface area contributed by atoms with Gasteiger partial charge in [-0.15, -0.1) is 11.3 Å². The normalized spacial score (nSPS) is 21.4. The van der Waals surface area contributed by atoms with E-state index in [1.807, 2.05) is 6.92 Å². The van der Waals surface area contributed by atoms with E-state index in [2.05, 4.69) is 10.3 Å². The van der Waals surface area contributed by atoms with Gasteiger partial charge in [0.05, 0.1) is 10.7 Å². The number of carbonyl (C=O) groups is 1. The van der Waals surface area contributed by atoms with Gasteiger partial charge in [-0.2, -0.15) is 0 Å². The van der Waals surface area contributed by atoms with E-state index in [0.29, 0.717) is 4.88 Å². The van der Waals surface area contributed by atoms with Gasteiger partial charge in [0.2, 0.25) is 0 Å². The molecule has 76 valence electrons. The van der Waals surface area contributed by atoms with Crippen LogP contribution in [0.25, 0.3) is 0 Å². The zero-order valence-corrected chi connectivity index (χ0v) is 8.73. The predicted molar refractivity (Wildman–Crippen MR) is 54.0 cm³/mol. The van der Waals surface area contributed by atoms with E-state index in [9.17, 15) is 4.79 Å². The van der Waals surface area contributed by atoms with E-state index in [4.69, 9.17) is 5.11 Å². The number of carboxylic acids is 1. The van der Waals surface area contributed by atoms with Gasteiger partial charge in [-0.1, -0.05) is 0 Å². The van der Waals surface area contributed by atoms with Crippen molar-refractivity contribution in [1.82, 2.24) is 10.3 Å². The zero-order valence-electron chi connectivity index (χ0n) is 7.91. The van der Waals surface area contributed by atoms with Crippen molar-refractivity contribution in [2.75, 3.05) is 13.1 Å². The number of aromatic carboxylic acids is 1. The zero-order chi connectivity index (χ0) is 10.1. The van der Waals surface area contributed by atoms with Crippen LogP contribution in [0.3, 0.4) is 0 Å². The van der Waals surface area contributed by atoms with Crippen LogP contribution in [0.15, 0.2) is 0 Å². The summed E-state index contributed by atoms with van der Waals surface area (Å²) in [6.07, 6.45) is 0.990. The largest absolute Gasteiger partial charge is 0.477 e. The summed E-state index contributed by atoms with van der Waals surface area (Å²) < 4.78 is 0. The minimum absolute atomic E-state index is 0.283. The van der Waals surface area contributed by atoms with Crippen molar-refractivity contribution in [2.45, 2.75) is 19.3 Å². The number of nitrogens with zero attached hydrogens (tertiary/aromatic N) is 1. The monoisotopic (exact) mass is 212 g/mol. The summed E-state index contributed by atoms with van der Waals surface area (Å²) in [6.45, 7) is 3.66. The van der Waals surface area contributed by atoms with E-state index in [0.717, 1.165) is 30.2 Å². The van der Waals surface area contributed by atoms with Gasteiger partial charge in [-0.05, 0) is 19.9 Å². The van der Waals surface area contributed by atoms with Crippen molar-refractivity contribution in [2.24, 2.45) is 0 Å². The second-order valence-electron chi connectivity index (χ2n) is 3.44. The van der Waals surface area contributed by atoms with Gasteiger partial charge in [-0.3, -0.25) is 0 Å². The SMILES string of the molecule is Cc1nc(C2CCNC2)c(C(=O)O)s1. The Morgan fingerprint density at radius 2 is 2.50 bits per heavy atom. The van der Waals surface area contributed by atoms with Crippen LogP contribution >= 0.6 is 11.3 Å². The molecule has 2 rings (SSSR count). The van der Waals surface area contributed by atoms with Crippen LogP contribution in [-0.2, 0) is 0 Å². The van der Waals surface area contributed by atoms with Gasteiger partial charge in [0.1, 0.15) is 4.88 Å². The van der Waals surface area contributed by atoms with Gasteiger partial charge in [0.15, 0.2) is 0 Å². The highest BCUT2D eigenvalue weighted by Crippen LogP contribution is 2.28. The minimum Gasteiger partial charge on any atom is -0.477 e. The van der Waals surface area contributed by atoms with E-state index in [-0.39, 0.29) is 5.92 Å². The molecular weight excluding hydrogens is 200 g/mol. The lowest BCUT2D eigenvalue weighted by Crippen LogP contribution is -2.10. The Balaban J connectivity index is 2.35. The Kier molecular flexibility index (Phi) is 2.52. The van der Waals surface area contributed by atoms with Crippen LogP contribution in [0.2, 0.25) is 0 Å². The van der Waals surface area contributed by atoms with Crippen LogP contribution in [0, 0.1) is 6.92 Å². The third-order valence-corrected chi connectivity index (χ3v) is 3.38. The van der Waals surface area contributed by atoms with E-state index >= 15 is 0 Å². The molecule has 0 bridgehead atoms. The number of aromatic nitrogens is 1. The highest BCUT2D eigenvalue weighted by atomic mass is 32.1. The summed E-state index contributed by atoms with van der Waals surface area (Å²) in [4.78, 5) is 15.7. The van der Waals surface area contributed by atoms with E-state index < -0.39 is 5.97 Å². The smallest absolute Gasteiger partial charge is 0.347 e. The molecule has 2 heterocycles. The molecule has 5 heteroatoms. The summed E-state index contributed by atoms with van der Waals surface area (Å²) in [5.74, 6) is -0.566. The van der Waals surface area contributed by atoms with Crippen molar-refractivity contribution in [3.05, 3.63) is 15.6 Å². The third-order valence-electron chi connectivity index (χ3n) is 2.40. The standard InChI is InChI=1S/C9H12N2O2S/c1-5-11-7(6-2-3-10-4-6)8(14-5)9(12)13/h6,10H,2-4H2,1H3,(H,12,13). The molecule has 1 aromatic heterocycles. The maximum atomic E-state index is 10.9. The molecule has 0 spiro atoms. The van der Waals surface area contributed by atoms with Gasteiger partial charge in [0, 0.05) is 12.5 Å². The number of thiazole rings is 1. The molecule has 0 radical (unpaired) electrons. The summed E-state index contributed by atoms with van der Waals surface area (Å²) >= 11 is 1.27. The molecule has 0 aliphatic carbocycles. The second kappa shape index (κ2) is 3.67. The van der Waals surface area contributed by atoms with Crippen molar-refractivity contribution in [3.63, 3.8) is 0 Å².